The molecule has 2 aromatic rings. The molecule has 0 unspecified atom stereocenters. The molecule has 0 bridgehead atoms. The molecule has 2 nitrogen and oxygen atoms in total. The molecule has 1 aliphatic rings. The van der Waals surface area contributed by atoms with E-state index in [4.69, 9.17) is 4.42 Å². The Kier molecular flexibility index (Phi) is 2.63. The number of aryl methyl sites for hydroxylation is 1. The second kappa shape index (κ2) is 4.15. The van der Waals surface area contributed by atoms with Crippen molar-refractivity contribution in [1.29, 1.82) is 0 Å². The zero-order valence-electron chi connectivity index (χ0n) is 9.92. The number of hydrogen-bond donors (Lipinski definition) is 1. The fourth-order valence-corrected chi connectivity index (χ4v) is 2.19. The van der Waals surface area contributed by atoms with Gasteiger partial charge in [-0.3, -0.25) is 0 Å². The highest BCUT2D eigenvalue weighted by molar-refractivity contribution is 5.84. The first kappa shape index (κ1) is 10.8. The molecule has 90 valence electrons. The van der Waals surface area contributed by atoms with E-state index in [1.807, 2.05) is 6.92 Å². The molecule has 1 N–H and O–H groups in total. The molecule has 0 atom stereocenters. The minimum atomic E-state index is -0.180. The highest BCUT2D eigenvalue weighted by atomic mass is 19.1. The zero-order chi connectivity index (χ0) is 11.8. The molecule has 1 aromatic carbocycles. The maximum absolute atomic E-state index is 13.8. The summed E-state index contributed by atoms with van der Waals surface area (Å²) >= 11 is 0. The first-order valence-electron chi connectivity index (χ1n) is 6.14. The molecule has 0 saturated heterocycles. The first-order valence-corrected chi connectivity index (χ1v) is 6.14. The van der Waals surface area contributed by atoms with Crippen LogP contribution in [0, 0.1) is 12.7 Å². The highest BCUT2D eigenvalue weighted by Gasteiger charge is 2.20. The predicted octanol–water partition coefficient (Wildman–Crippen LogP) is 3.17. The molecular weight excluding hydrogens is 217 g/mol. The molecular formula is C14H16FNO. The molecule has 17 heavy (non-hydrogen) atoms. The molecule has 0 aliphatic heterocycles. The van der Waals surface area contributed by atoms with Crippen molar-refractivity contribution in [3.8, 4) is 0 Å². The van der Waals surface area contributed by atoms with Gasteiger partial charge in [0, 0.05) is 11.6 Å². The topological polar surface area (TPSA) is 25.2 Å². The van der Waals surface area contributed by atoms with Crippen LogP contribution in [0.15, 0.2) is 22.8 Å². The summed E-state index contributed by atoms with van der Waals surface area (Å²) in [7, 11) is 0. The predicted molar refractivity (Wildman–Crippen MR) is 65.6 cm³/mol. The van der Waals surface area contributed by atoms with Gasteiger partial charge in [-0.05, 0) is 44.4 Å². The second-order valence-electron chi connectivity index (χ2n) is 4.81. The van der Waals surface area contributed by atoms with E-state index in [2.05, 4.69) is 5.32 Å². The zero-order valence-corrected chi connectivity index (χ0v) is 9.92. The summed E-state index contributed by atoms with van der Waals surface area (Å²) in [6, 6.07) is 3.97. The Morgan fingerprint density at radius 1 is 1.41 bits per heavy atom. The van der Waals surface area contributed by atoms with E-state index in [1.165, 1.54) is 18.9 Å². The quantitative estimate of drug-likeness (QED) is 0.877. The largest absolute Gasteiger partial charge is 0.464 e. The summed E-state index contributed by atoms with van der Waals surface area (Å²) in [6.45, 7) is 2.84. The summed E-state index contributed by atoms with van der Waals surface area (Å²) in [6.07, 6.45) is 5.07. The van der Waals surface area contributed by atoms with Crippen molar-refractivity contribution in [1.82, 2.24) is 5.32 Å². The monoisotopic (exact) mass is 233 g/mol. The Morgan fingerprint density at radius 3 is 3.00 bits per heavy atom. The normalized spacial score (nSPS) is 15.6. The second-order valence-corrected chi connectivity index (χ2v) is 4.81. The summed E-state index contributed by atoms with van der Waals surface area (Å²) in [4.78, 5) is 0. The van der Waals surface area contributed by atoms with Gasteiger partial charge in [0.15, 0.2) is 0 Å². The molecule has 1 aromatic heterocycles. The molecule has 0 spiro atoms. The maximum atomic E-state index is 13.8. The third kappa shape index (κ3) is 2.07. The van der Waals surface area contributed by atoms with Crippen LogP contribution >= 0.6 is 0 Å². The third-order valence-corrected chi connectivity index (χ3v) is 3.35. The van der Waals surface area contributed by atoms with Crippen molar-refractivity contribution in [2.45, 2.75) is 32.2 Å². The number of hydrogen-bond acceptors (Lipinski definition) is 2. The fraction of sp³-hybridized carbons (Fsp3) is 0.429. The maximum Gasteiger partial charge on any atom is 0.139 e. The van der Waals surface area contributed by atoms with Crippen LogP contribution in [0.4, 0.5) is 4.39 Å². The van der Waals surface area contributed by atoms with E-state index in [0.717, 1.165) is 24.1 Å². The van der Waals surface area contributed by atoms with Gasteiger partial charge in [-0.2, -0.15) is 0 Å². The van der Waals surface area contributed by atoms with Crippen molar-refractivity contribution < 1.29 is 8.81 Å². The number of nitrogens with one attached hydrogen (secondary N) is 1. The highest BCUT2D eigenvalue weighted by Crippen LogP contribution is 2.27. The fourth-order valence-electron chi connectivity index (χ4n) is 2.19. The standard InChI is InChI=1S/C14H16FNO/c1-9-2-5-12(15)13-10(8-17-14(9)13)6-7-16-11-3-4-11/h2,5,8,11,16H,3-4,6-7H2,1H3. The van der Waals surface area contributed by atoms with Crippen LogP contribution in [0.3, 0.4) is 0 Å². The van der Waals surface area contributed by atoms with Gasteiger partial charge in [-0.1, -0.05) is 6.07 Å². The third-order valence-electron chi connectivity index (χ3n) is 3.35. The Bertz CT molecular complexity index is 542. The number of rotatable bonds is 4. The van der Waals surface area contributed by atoms with Crippen LogP contribution < -0.4 is 5.32 Å². The Morgan fingerprint density at radius 2 is 2.24 bits per heavy atom. The van der Waals surface area contributed by atoms with Crippen LogP contribution in [0.5, 0.6) is 0 Å². The summed E-state index contributed by atoms with van der Waals surface area (Å²) in [5.41, 5.74) is 2.64. The van der Waals surface area contributed by atoms with Crippen molar-refractivity contribution in [2.75, 3.05) is 6.54 Å². The lowest BCUT2D eigenvalue weighted by Crippen LogP contribution is -2.19. The SMILES string of the molecule is Cc1ccc(F)c2c(CCNC3CC3)coc12. The molecule has 3 rings (SSSR count). The number of halogens is 1. The minimum Gasteiger partial charge on any atom is -0.464 e. The van der Waals surface area contributed by atoms with Crippen LogP contribution in [0.2, 0.25) is 0 Å². The van der Waals surface area contributed by atoms with Gasteiger partial charge in [0.05, 0.1) is 11.6 Å². The van der Waals surface area contributed by atoms with Gasteiger partial charge < -0.3 is 9.73 Å². The molecule has 0 radical (unpaired) electrons. The van der Waals surface area contributed by atoms with Gasteiger partial charge in [0.25, 0.3) is 0 Å². The molecule has 1 heterocycles. The van der Waals surface area contributed by atoms with Crippen LogP contribution in [0.25, 0.3) is 11.0 Å². The van der Waals surface area contributed by atoms with Gasteiger partial charge in [-0.15, -0.1) is 0 Å². The van der Waals surface area contributed by atoms with E-state index in [0.29, 0.717) is 17.0 Å². The van der Waals surface area contributed by atoms with Crippen LogP contribution in [0.1, 0.15) is 24.0 Å². The van der Waals surface area contributed by atoms with Gasteiger partial charge in [0.1, 0.15) is 11.4 Å². The number of fused-ring (bicyclic) bond motifs is 1. The smallest absolute Gasteiger partial charge is 0.139 e. The van der Waals surface area contributed by atoms with Crippen molar-refractivity contribution in [2.24, 2.45) is 0 Å². The Hall–Kier alpha value is -1.35. The molecule has 1 fully saturated rings. The van der Waals surface area contributed by atoms with Gasteiger partial charge in [-0.25, -0.2) is 4.39 Å². The molecule has 1 aliphatic carbocycles. The summed E-state index contributed by atoms with van der Waals surface area (Å²) in [5, 5.41) is 4.08. The number of benzene rings is 1. The lowest BCUT2D eigenvalue weighted by Gasteiger charge is -2.02. The molecule has 0 amide bonds. The van der Waals surface area contributed by atoms with E-state index < -0.39 is 0 Å². The van der Waals surface area contributed by atoms with Crippen molar-refractivity contribution in [3.05, 3.63) is 35.3 Å². The average Bonchev–Trinajstić information content (AvgIpc) is 3.03. The van der Waals surface area contributed by atoms with E-state index in [9.17, 15) is 4.39 Å². The van der Waals surface area contributed by atoms with Gasteiger partial charge >= 0.3 is 0 Å². The minimum absolute atomic E-state index is 0.180. The number of furan rings is 1. The Balaban J connectivity index is 1.85. The van der Waals surface area contributed by atoms with Crippen LogP contribution in [-0.2, 0) is 6.42 Å². The van der Waals surface area contributed by atoms with E-state index in [-0.39, 0.29) is 5.82 Å². The average molecular weight is 233 g/mol. The van der Waals surface area contributed by atoms with Crippen LogP contribution in [-0.4, -0.2) is 12.6 Å². The molecule has 1 saturated carbocycles. The lowest BCUT2D eigenvalue weighted by molar-refractivity contribution is 0.601. The van der Waals surface area contributed by atoms with E-state index >= 15 is 0 Å². The Labute approximate surface area is 99.8 Å². The van der Waals surface area contributed by atoms with E-state index in [1.54, 1.807) is 12.3 Å². The molecule has 3 heteroatoms. The summed E-state index contributed by atoms with van der Waals surface area (Å²) in [5.74, 6) is -0.180. The van der Waals surface area contributed by atoms with Crippen molar-refractivity contribution in [3.63, 3.8) is 0 Å². The first-order chi connectivity index (χ1) is 8.25. The van der Waals surface area contributed by atoms with Gasteiger partial charge in [0.2, 0.25) is 0 Å². The van der Waals surface area contributed by atoms with Crippen molar-refractivity contribution >= 4 is 11.0 Å². The summed E-state index contributed by atoms with van der Waals surface area (Å²) < 4.78 is 19.2. The lowest BCUT2D eigenvalue weighted by atomic mass is 10.1.